The van der Waals surface area contributed by atoms with E-state index in [1.165, 1.54) is 27.3 Å². The third kappa shape index (κ3) is 2.50. The second-order valence-electron chi connectivity index (χ2n) is 6.64. The van der Waals surface area contributed by atoms with Crippen LogP contribution in [0.5, 0.6) is 0 Å². The summed E-state index contributed by atoms with van der Waals surface area (Å²) in [6.45, 7) is 0.832. The highest BCUT2D eigenvalue weighted by molar-refractivity contribution is 6.07. The van der Waals surface area contributed by atoms with E-state index in [2.05, 4.69) is 72.8 Å². The molecular weight excluding hydrogens is 306 g/mol. The molecule has 0 amide bonds. The standard InChI is InChI=1S/C23H19NO/c1-2-7-16(8-3-1)17-12-13-18-19-9-4-5-10-21(19)24-23(20(18)15-17)22-11-6-14-25-22/h1-5,7-10,12-13,15,22H,6,11,14H2. The number of pyridine rings is 1. The number of rotatable bonds is 2. The molecule has 0 N–H and O–H groups in total. The van der Waals surface area contributed by atoms with Gasteiger partial charge in [-0.15, -0.1) is 0 Å². The highest BCUT2D eigenvalue weighted by Crippen LogP contribution is 2.37. The second kappa shape index (κ2) is 5.98. The molecule has 2 heterocycles. The van der Waals surface area contributed by atoms with Crippen LogP contribution in [0.1, 0.15) is 24.6 Å². The van der Waals surface area contributed by atoms with Crippen LogP contribution in [0.4, 0.5) is 0 Å². The van der Waals surface area contributed by atoms with Gasteiger partial charge < -0.3 is 4.74 Å². The summed E-state index contributed by atoms with van der Waals surface area (Å²) in [4.78, 5) is 5.00. The molecule has 25 heavy (non-hydrogen) atoms. The lowest BCUT2D eigenvalue weighted by Gasteiger charge is -2.15. The zero-order chi connectivity index (χ0) is 16.6. The molecule has 0 spiro atoms. The second-order valence-corrected chi connectivity index (χ2v) is 6.64. The fourth-order valence-corrected chi connectivity index (χ4v) is 3.83. The van der Waals surface area contributed by atoms with E-state index in [9.17, 15) is 0 Å². The van der Waals surface area contributed by atoms with Gasteiger partial charge in [-0.05, 0) is 41.5 Å². The van der Waals surface area contributed by atoms with Crippen molar-refractivity contribution < 1.29 is 4.74 Å². The van der Waals surface area contributed by atoms with E-state index in [-0.39, 0.29) is 6.10 Å². The van der Waals surface area contributed by atoms with Crippen molar-refractivity contribution in [1.82, 2.24) is 4.98 Å². The summed E-state index contributed by atoms with van der Waals surface area (Å²) in [5.41, 5.74) is 4.59. The molecule has 0 radical (unpaired) electrons. The number of aromatic nitrogens is 1. The molecule has 1 unspecified atom stereocenters. The normalized spacial score (nSPS) is 17.4. The fraction of sp³-hybridized carbons (Fsp3) is 0.174. The number of hydrogen-bond donors (Lipinski definition) is 0. The van der Waals surface area contributed by atoms with Crippen LogP contribution in [-0.2, 0) is 4.74 Å². The number of nitrogens with zero attached hydrogens (tertiary/aromatic N) is 1. The lowest BCUT2D eigenvalue weighted by molar-refractivity contribution is 0.110. The average molecular weight is 325 g/mol. The molecule has 3 aromatic carbocycles. The summed E-state index contributed by atoms with van der Waals surface area (Å²) in [5.74, 6) is 0. The molecule has 1 aromatic heterocycles. The molecule has 1 fully saturated rings. The first kappa shape index (κ1) is 14.6. The monoisotopic (exact) mass is 325 g/mol. The number of para-hydroxylation sites is 1. The number of ether oxygens (including phenoxy) is 1. The zero-order valence-corrected chi connectivity index (χ0v) is 14.0. The first-order chi connectivity index (χ1) is 12.4. The van der Waals surface area contributed by atoms with Crippen LogP contribution in [0.25, 0.3) is 32.8 Å². The maximum absolute atomic E-state index is 5.98. The Morgan fingerprint density at radius 3 is 2.44 bits per heavy atom. The minimum absolute atomic E-state index is 0.109. The third-order valence-electron chi connectivity index (χ3n) is 5.07. The molecule has 2 heteroatoms. The Bertz CT molecular complexity index is 1050. The molecular formula is C23H19NO. The molecule has 0 bridgehead atoms. The van der Waals surface area contributed by atoms with Crippen molar-refractivity contribution in [2.75, 3.05) is 6.61 Å². The molecule has 1 saturated heterocycles. The fourth-order valence-electron chi connectivity index (χ4n) is 3.83. The molecule has 1 aliphatic heterocycles. The van der Waals surface area contributed by atoms with E-state index in [0.29, 0.717) is 0 Å². The molecule has 1 atom stereocenters. The predicted octanol–water partition coefficient (Wildman–Crippen LogP) is 5.91. The molecule has 0 aliphatic carbocycles. The van der Waals surface area contributed by atoms with E-state index in [1.54, 1.807) is 0 Å². The van der Waals surface area contributed by atoms with Crippen molar-refractivity contribution in [2.24, 2.45) is 0 Å². The maximum Gasteiger partial charge on any atom is 0.100 e. The summed E-state index contributed by atoms with van der Waals surface area (Å²) in [7, 11) is 0. The number of fused-ring (bicyclic) bond motifs is 3. The van der Waals surface area contributed by atoms with E-state index in [4.69, 9.17) is 9.72 Å². The van der Waals surface area contributed by atoms with Crippen LogP contribution in [0.3, 0.4) is 0 Å². The van der Waals surface area contributed by atoms with Crippen LogP contribution in [0, 0.1) is 0 Å². The minimum Gasteiger partial charge on any atom is -0.372 e. The van der Waals surface area contributed by atoms with Crippen molar-refractivity contribution in [3.63, 3.8) is 0 Å². The van der Waals surface area contributed by atoms with Gasteiger partial charge in [0.2, 0.25) is 0 Å². The molecule has 122 valence electrons. The Morgan fingerprint density at radius 1 is 0.760 bits per heavy atom. The van der Waals surface area contributed by atoms with Gasteiger partial charge in [-0.2, -0.15) is 0 Å². The Morgan fingerprint density at radius 2 is 1.60 bits per heavy atom. The largest absolute Gasteiger partial charge is 0.372 e. The lowest BCUT2D eigenvalue weighted by Crippen LogP contribution is -2.01. The van der Waals surface area contributed by atoms with Crippen molar-refractivity contribution in [1.29, 1.82) is 0 Å². The van der Waals surface area contributed by atoms with Gasteiger partial charge in [0.05, 0.1) is 11.2 Å². The van der Waals surface area contributed by atoms with Gasteiger partial charge >= 0.3 is 0 Å². The van der Waals surface area contributed by atoms with Crippen molar-refractivity contribution in [3.8, 4) is 11.1 Å². The van der Waals surface area contributed by atoms with Crippen molar-refractivity contribution in [3.05, 3.63) is 78.5 Å². The van der Waals surface area contributed by atoms with E-state index < -0.39 is 0 Å². The summed E-state index contributed by atoms with van der Waals surface area (Å²) >= 11 is 0. The van der Waals surface area contributed by atoms with Gasteiger partial charge in [-0.25, -0.2) is 4.98 Å². The van der Waals surface area contributed by atoms with Crippen LogP contribution >= 0.6 is 0 Å². The first-order valence-electron chi connectivity index (χ1n) is 8.89. The first-order valence-corrected chi connectivity index (χ1v) is 8.89. The molecule has 4 aromatic rings. The summed E-state index contributed by atoms with van der Waals surface area (Å²) in [6.07, 6.45) is 2.27. The predicted molar refractivity (Wildman–Crippen MR) is 103 cm³/mol. The van der Waals surface area contributed by atoms with Crippen LogP contribution in [-0.4, -0.2) is 11.6 Å². The Hall–Kier alpha value is -2.71. The van der Waals surface area contributed by atoms with Gasteiger partial charge in [-0.3, -0.25) is 0 Å². The van der Waals surface area contributed by atoms with Crippen molar-refractivity contribution >= 4 is 21.7 Å². The summed E-state index contributed by atoms with van der Waals surface area (Å²) < 4.78 is 5.98. The third-order valence-corrected chi connectivity index (χ3v) is 5.07. The van der Waals surface area contributed by atoms with E-state index in [1.807, 2.05) is 0 Å². The maximum atomic E-state index is 5.98. The number of hydrogen-bond acceptors (Lipinski definition) is 2. The Kier molecular flexibility index (Phi) is 3.50. The van der Waals surface area contributed by atoms with Crippen LogP contribution < -0.4 is 0 Å². The van der Waals surface area contributed by atoms with Crippen LogP contribution in [0.15, 0.2) is 72.8 Å². The molecule has 1 aliphatic rings. The summed E-state index contributed by atoms with van der Waals surface area (Å²) in [6, 6.07) is 25.6. The highest BCUT2D eigenvalue weighted by atomic mass is 16.5. The smallest absolute Gasteiger partial charge is 0.100 e. The van der Waals surface area contributed by atoms with Crippen molar-refractivity contribution in [2.45, 2.75) is 18.9 Å². The highest BCUT2D eigenvalue weighted by Gasteiger charge is 2.22. The zero-order valence-electron chi connectivity index (χ0n) is 14.0. The molecule has 2 nitrogen and oxygen atoms in total. The van der Waals surface area contributed by atoms with E-state index >= 15 is 0 Å². The molecule has 5 rings (SSSR count). The summed E-state index contributed by atoms with van der Waals surface area (Å²) in [5, 5.41) is 3.68. The number of benzene rings is 3. The Labute approximate surface area is 147 Å². The Balaban J connectivity index is 1.81. The van der Waals surface area contributed by atoms with Gasteiger partial charge in [0.15, 0.2) is 0 Å². The van der Waals surface area contributed by atoms with Crippen LogP contribution in [0.2, 0.25) is 0 Å². The lowest BCUT2D eigenvalue weighted by atomic mass is 9.96. The van der Waals surface area contributed by atoms with Gasteiger partial charge in [0, 0.05) is 17.4 Å². The quantitative estimate of drug-likeness (QED) is 0.428. The average Bonchev–Trinajstić information content (AvgIpc) is 3.22. The topological polar surface area (TPSA) is 22.1 Å². The van der Waals surface area contributed by atoms with Gasteiger partial charge in [0.1, 0.15) is 6.10 Å². The molecule has 0 saturated carbocycles. The minimum atomic E-state index is 0.109. The van der Waals surface area contributed by atoms with E-state index in [0.717, 1.165) is 30.7 Å². The SMILES string of the molecule is c1ccc(-c2ccc3c(c2)c(C2CCCO2)nc2ccccc23)cc1. The van der Waals surface area contributed by atoms with Gasteiger partial charge in [0.25, 0.3) is 0 Å². The van der Waals surface area contributed by atoms with Gasteiger partial charge in [-0.1, -0.05) is 60.7 Å².